The molecule has 0 heterocycles. The van der Waals surface area contributed by atoms with Gasteiger partial charge in [0.1, 0.15) is 12.4 Å². The van der Waals surface area contributed by atoms with Crippen LogP contribution in [0.25, 0.3) is 0 Å². The summed E-state index contributed by atoms with van der Waals surface area (Å²) in [5.74, 6) is 0.839. The predicted octanol–water partition coefficient (Wildman–Crippen LogP) is 4.53. The second kappa shape index (κ2) is 7.67. The van der Waals surface area contributed by atoms with E-state index in [-0.39, 0.29) is 6.04 Å². The molecule has 0 aromatic heterocycles. The van der Waals surface area contributed by atoms with Crippen molar-refractivity contribution in [3.8, 4) is 5.75 Å². The van der Waals surface area contributed by atoms with Crippen molar-refractivity contribution in [1.29, 1.82) is 0 Å². The largest absolute Gasteiger partial charge is 0.489 e. The summed E-state index contributed by atoms with van der Waals surface area (Å²) >= 11 is 11.7. The molecular formula is C14H19Cl2NO. The second-order valence-corrected chi connectivity index (χ2v) is 4.86. The number of rotatable bonds is 6. The molecule has 1 rings (SSSR count). The van der Waals surface area contributed by atoms with Gasteiger partial charge >= 0.3 is 0 Å². The lowest BCUT2D eigenvalue weighted by Gasteiger charge is -2.18. The molecule has 100 valence electrons. The van der Waals surface area contributed by atoms with Gasteiger partial charge in [-0.25, -0.2) is 0 Å². The molecule has 0 radical (unpaired) electrons. The summed E-state index contributed by atoms with van der Waals surface area (Å²) in [6, 6.07) is 5.86. The van der Waals surface area contributed by atoms with E-state index in [2.05, 4.69) is 19.2 Å². The van der Waals surface area contributed by atoms with Gasteiger partial charge in [-0.1, -0.05) is 30.1 Å². The molecule has 0 fully saturated rings. The number of ether oxygens (including phenoxy) is 1. The van der Waals surface area contributed by atoms with Crippen LogP contribution in [-0.4, -0.2) is 13.2 Å². The van der Waals surface area contributed by atoms with Gasteiger partial charge < -0.3 is 10.1 Å². The van der Waals surface area contributed by atoms with E-state index in [0.717, 1.165) is 23.4 Å². The highest BCUT2D eigenvalue weighted by molar-refractivity contribution is 6.30. The van der Waals surface area contributed by atoms with E-state index in [1.165, 1.54) is 5.54 Å². The van der Waals surface area contributed by atoms with Crippen molar-refractivity contribution in [2.45, 2.75) is 26.8 Å². The zero-order valence-corrected chi connectivity index (χ0v) is 12.5. The van der Waals surface area contributed by atoms with Crippen molar-refractivity contribution in [2.24, 2.45) is 0 Å². The van der Waals surface area contributed by atoms with Crippen molar-refractivity contribution >= 4 is 23.2 Å². The van der Waals surface area contributed by atoms with Crippen LogP contribution in [0, 0.1) is 0 Å². The summed E-state index contributed by atoms with van der Waals surface area (Å²) in [4.78, 5) is 0. The predicted molar refractivity (Wildman–Crippen MR) is 78.6 cm³/mol. The first kappa shape index (κ1) is 15.4. The summed E-state index contributed by atoms with van der Waals surface area (Å²) in [6.45, 7) is 7.47. The molecule has 4 heteroatoms. The Kier molecular flexibility index (Phi) is 6.55. The molecule has 0 spiro atoms. The molecule has 0 saturated heterocycles. The van der Waals surface area contributed by atoms with Gasteiger partial charge in [-0.15, -0.1) is 0 Å². The fourth-order valence-corrected chi connectivity index (χ4v) is 1.87. The van der Waals surface area contributed by atoms with Crippen LogP contribution in [-0.2, 0) is 0 Å². The summed E-state index contributed by atoms with van der Waals surface area (Å²) < 4.78 is 5.76. The molecule has 0 aliphatic heterocycles. The maximum atomic E-state index is 6.04. The third-order valence-corrected chi connectivity index (χ3v) is 3.20. The summed E-state index contributed by atoms with van der Waals surface area (Å²) in [5.41, 5.74) is 3.57. The van der Waals surface area contributed by atoms with Crippen LogP contribution in [0.1, 0.15) is 32.4 Å². The van der Waals surface area contributed by atoms with Crippen LogP contribution in [0.15, 0.2) is 29.3 Å². The third-order valence-electron chi connectivity index (χ3n) is 2.59. The Morgan fingerprint density at radius 1 is 1.50 bits per heavy atom. The first-order valence-electron chi connectivity index (χ1n) is 6.00. The minimum absolute atomic E-state index is 0.198. The van der Waals surface area contributed by atoms with Crippen molar-refractivity contribution in [3.05, 3.63) is 39.9 Å². The summed E-state index contributed by atoms with van der Waals surface area (Å²) in [5, 5.41) is 4.07. The Labute approximate surface area is 119 Å². The highest BCUT2D eigenvalue weighted by Gasteiger charge is 2.11. The average Bonchev–Trinajstić information content (AvgIpc) is 2.37. The molecule has 1 unspecified atom stereocenters. The lowest BCUT2D eigenvalue weighted by Crippen LogP contribution is -2.18. The topological polar surface area (TPSA) is 21.3 Å². The summed E-state index contributed by atoms with van der Waals surface area (Å²) in [6.07, 6.45) is 0. The Bertz CT molecular complexity index is 418. The van der Waals surface area contributed by atoms with Crippen molar-refractivity contribution in [2.75, 3.05) is 13.2 Å². The molecule has 1 aromatic carbocycles. The SMILES string of the molecule is CCNC(C)c1cc(Cl)ccc1OC/C(C)=C/Cl. The van der Waals surface area contributed by atoms with Gasteiger partial charge in [0.05, 0.1) is 0 Å². The van der Waals surface area contributed by atoms with Crippen LogP contribution in [0.5, 0.6) is 5.75 Å². The number of nitrogens with one attached hydrogen (secondary N) is 1. The Hall–Kier alpha value is -0.700. The quantitative estimate of drug-likeness (QED) is 0.830. The van der Waals surface area contributed by atoms with Gasteiger partial charge in [-0.2, -0.15) is 0 Å². The lowest BCUT2D eigenvalue weighted by atomic mass is 10.1. The molecular weight excluding hydrogens is 269 g/mol. The van der Waals surface area contributed by atoms with E-state index < -0.39 is 0 Å². The first-order chi connectivity index (χ1) is 8.58. The Morgan fingerprint density at radius 3 is 2.83 bits per heavy atom. The zero-order valence-electron chi connectivity index (χ0n) is 11.0. The van der Waals surface area contributed by atoms with Gasteiger partial charge in [-0.05, 0) is 44.2 Å². The molecule has 1 N–H and O–H groups in total. The van der Waals surface area contributed by atoms with Crippen molar-refractivity contribution in [1.82, 2.24) is 5.32 Å². The highest BCUT2D eigenvalue weighted by atomic mass is 35.5. The minimum atomic E-state index is 0.198. The molecule has 2 nitrogen and oxygen atoms in total. The Balaban J connectivity index is 2.89. The van der Waals surface area contributed by atoms with E-state index in [0.29, 0.717) is 11.6 Å². The fraction of sp³-hybridized carbons (Fsp3) is 0.429. The van der Waals surface area contributed by atoms with Crippen molar-refractivity contribution < 1.29 is 4.74 Å². The van der Waals surface area contributed by atoms with E-state index in [4.69, 9.17) is 27.9 Å². The normalized spacial score (nSPS) is 13.5. The van der Waals surface area contributed by atoms with Gasteiger partial charge in [0, 0.05) is 22.2 Å². The highest BCUT2D eigenvalue weighted by Crippen LogP contribution is 2.28. The van der Waals surface area contributed by atoms with Gasteiger partial charge in [0.2, 0.25) is 0 Å². The number of benzene rings is 1. The average molecular weight is 288 g/mol. The molecule has 0 amide bonds. The minimum Gasteiger partial charge on any atom is -0.489 e. The molecule has 1 atom stereocenters. The van der Waals surface area contributed by atoms with E-state index in [9.17, 15) is 0 Å². The molecule has 1 aromatic rings. The first-order valence-corrected chi connectivity index (χ1v) is 6.81. The molecule has 0 bridgehead atoms. The van der Waals surface area contributed by atoms with Crippen LogP contribution < -0.4 is 10.1 Å². The number of hydrogen-bond donors (Lipinski definition) is 1. The lowest BCUT2D eigenvalue weighted by molar-refractivity contribution is 0.344. The van der Waals surface area contributed by atoms with E-state index >= 15 is 0 Å². The van der Waals surface area contributed by atoms with Crippen molar-refractivity contribution in [3.63, 3.8) is 0 Å². The van der Waals surface area contributed by atoms with Crippen LogP contribution in [0.3, 0.4) is 0 Å². The van der Waals surface area contributed by atoms with Gasteiger partial charge in [0.15, 0.2) is 0 Å². The Morgan fingerprint density at radius 2 is 2.22 bits per heavy atom. The third kappa shape index (κ3) is 4.52. The molecule has 0 saturated carbocycles. The second-order valence-electron chi connectivity index (χ2n) is 4.21. The summed E-state index contributed by atoms with van der Waals surface area (Å²) in [7, 11) is 0. The maximum Gasteiger partial charge on any atom is 0.124 e. The van der Waals surface area contributed by atoms with Crippen LogP contribution in [0.2, 0.25) is 5.02 Å². The molecule has 0 aliphatic carbocycles. The zero-order chi connectivity index (χ0) is 13.5. The van der Waals surface area contributed by atoms with Gasteiger partial charge in [0.25, 0.3) is 0 Å². The smallest absolute Gasteiger partial charge is 0.124 e. The molecule has 0 aliphatic rings. The van der Waals surface area contributed by atoms with Crippen LogP contribution in [0.4, 0.5) is 0 Å². The van der Waals surface area contributed by atoms with E-state index in [1.54, 1.807) is 0 Å². The monoisotopic (exact) mass is 287 g/mol. The number of halogens is 2. The van der Waals surface area contributed by atoms with Crippen LogP contribution >= 0.6 is 23.2 Å². The van der Waals surface area contributed by atoms with Gasteiger partial charge in [-0.3, -0.25) is 0 Å². The molecule has 18 heavy (non-hydrogen) atoms. The standard InChI is InChI=1S/C14H19Cl2NO/c1-4-17-11(3)13-7-12(16)5-6-14(13)18-9-10(2)8-15/h5-8,11,17H,4,9H2,1-3H3/b10-8+. The van der Waals surface area contributed by atoms with E-state index in [1.807, 2.05) is 25.1 Å². The maximum absolute atomic E-state index is 6.04. The fourth-order valence-electron chi connectivity index (χ4n) is 1.63. The number of hydrogen-bond acceptors (Lipinski definition) is 2.